The number of para-hydroxylation sites is 1. The molecule has 1 amide bonds. The van der Waals surface area contributed by atoms with E-state index in [1.165, 1.54) is 26.6 Å². The van der Waals surface area contributed by atoms with Gasteiger partial charge in [-0.15, -0.1) is 11.3 Å². The van der Waals surface area contributed by atoms with E-state index in [4.69, 9.17) is 0 Å². The molecule has 3 heterocycles. The number of aromatic nitrogens is 1. The van der Waals surface area contributed by atoms with Gasteiger partial charge in [0.15, 0.2) is 5.13 Å². The first-order valence-corrected chi connectivity index (χ1v) is 14.0. The zero-order chi connectivity index (χ0) is 23.7. The molecule has 0 spiro atoms. The quantitative estimate of drug-likeness (QED) is 0.351. The predicted molar refractivity (Wildman–Crippen MR) is 133 cm³/mol. The third-order valence-corrected chi connectivity index (χ3v) is 10.2. The molecule has 6 nitrogen and oxygen atoms in total. The van der Waals surface area contributed by atoms with E-state index in [1.54, 1.807) is 29.6 Å². The second kappa shape index (κ2) is 9.53. The molecule has 34 heavy (non-hydrogen) atoms. The highest BCUT2D eigenvalue weighted by Crippen LogP contribution is 2.34. The number of benzene rings is 2. The van der Waals surface area contributed by atoms with Crippen molar-refractivity contribution in [3.8, 4) is 0 Å². The van der Waals surface area contributed by atoms with Crippen molar-refractivity contribution < 1.29 is 17.6 Å². The third kappa shape index (κ3) is 4.38. The van der Waals surface area contributed by atoms with Crippen molar-refractivity contribution in [2.45, 2.75) is 36.1 Å². The van der Waals surface area contributed by atoms with Gasteiger partial charge in [0.1, 0.15) is 21.6 Å². The number of sulfonamides is 1. The van der Waals surface area contributed by atoms with Crippen LogP contribution in [0.25, 0.3) is 10.2 Å². The molecule has 1 aliphatic rings. The van der Waals surface area contributed by atoms with Crippen LogP contribution in [-0.2, 0) is 21.4 Å². The summed E-state index contributed by atoms with van der Waals surface area (Å²) in [6.07, 6.45) is 1.87. The summed E-state index contributed by atoms with van der Waals surface area (Å²) in [5.74, 6) is -0.796. The van der Waals surface area contributed by atoms with Gasteiger partial charge in [-0.2, -0.15) is 4.31 Å². The summed E-state index contributed by atoms with van der Waals surface area (Å²) in [5.41, 5.74) is 1.08. The summed E-state index contributed by atoms with van der Waals surface area (Å²) in [6.45, 7) is 0.495. The maximum atomic E-state index is 14.4. The van der Waals surface area contributed by atoms with Crippen LogP contribution in [0.4, 0.5) is 9.52 Å². The van der Waals surface area contributed by atoms with Gasteiger partial charge in [-0.3, -0.25) is 9.69 Å². The monoisotopic (exact) mass is 515 g/mol. The minimum absolute atomic E-state index is 0.208. The lowest BCUT2D eigenvalue weighted by atomic mass is 10.0. The number of piperidine rings is 1. The van der Waals surface area contributed by atoms with Crippen molar-refractivity contribution in [2.75, 3.05) is 11.4 Å². The number of nitrogens with zero attached hydrogens (tertiary/aromatic N) is 3. The number of hydrogen-bond acceptors (Lipinski definition) is 6. The molecule has 1 unspecified atom stereocenters. The number of fused-ring (bicyclic) bond motifs is 1. The Balaban J connectivity index is 1.55. The van der Waals surface area contributed by atoms with Crippen molar-refractivity contribution in [1.82, 2.24) is 9.29 Å². The minimum Gasteiger partial charge on any atom is -0.282 e. The van der Waals surface area contributed by atoms with Crippen LogP contribution in [0.1, 0.15) is 24.8 Å². The molecular weight excluding hydrogens is 493 g/mol. The molecule has 2 aromatic carbocycles. The maximum absolute atomic E-state index is 14.4. The van der Waals surface area contributed by atoms with E-state index in [1.807, 2.05) is 30.3 Å². The Morgan fingerprint density at radius 2 is 1.91 bits per heavy atom. The second-order valence-electron chi connectivity index (χ2n) is 8.05. The smallest absolute Gasteiger partial charge is 0.253 e. The number of carbonyl (C=O) groups is 1. The van der Waals surface area contributed by atoms with Crippen molar-refractivity contribution in [2.24, 2.45) is 0 Å². The summed E-state index contributed by atoms with van der Waals surface area (Å²) in [7, 11) is -3.81. The van der Waals surface area contributed by atoms with Gasteiger partial charge in [0.2, 0.25) is 5.91 Å². The molecule has 0 bridgehead atoms. The number of amides is 1. The number of carbonyl (C=O) groups excluding carboxylic acids is 1. The molecule has 1 fully saturated rings. The lowest BCUT2D eigenvalue weighted by molar-refractivity contribution is -0.123. The van der Waals surface area contributed by atoms with E-state index in [0.717, 1.165) is 23.3 Å². The van der Waals surface area contributed by atoms with Crippen LogP contribution in [0.3, 0.4) is 0 Å². The first-order valence-electron chi connectivity index (χ1n) is 10.9. The molecule has 10 heteroatoms. The first-order chi connectivity index (χ1) is 16.4. The Bertz CT molecular complexity index is 1410. The molecular formula is C24H22FN3O3S3. The standard InChI is InChI=1S/C24H22FN3O3S3/c25-18-10-6-12-20-22(18)26-24(33-20)27(16-17-8-2-1-3-9-17)23(29)19-11-4-5-14-28(19)34(30,31)21-13-7-15-32-21/h1-3,6-10,12-13,15,19H,4-5,11,14,16H2. The van der Waals surface area contributed by atoms with Gasteiger partial charge >= 0.3 is 0 Å². The van der Waals surface area contributed by atoms with Gasteiger partial charge in [0.05, 0.1) is 11.2 Å². The van der Waals surface area contributed by atoms with E-state index in [2.05, 4.69) is 4.98 Å². The lowest BCUT2D eigenvalue weighted by Gasteiger charge is -2.35. The summed E-state index contributed by atoms with van der Waals surface area (Å²) < 4.78 is 43.3. The van der Waals surface area contributed by atoms with Crippen LogP contribution in [0, 0.1) is 5.82 Å². The Kier molecular flexibility index (Phi) is 6.48. The van der Waals surface area contributed by atoms with Crippen LogP contribution in [0.2, 0.25) is 0 Å². The van der Waals surface area contributed by atoms with E-state index < -0.39 is 21.9 Å². The number of rotatable bonds is 6. The Labute approximate surface area is 205 Å². The van der Waals surface area contributed by atoms with E-state index in [-0.39, 0.29) is 28.7 Å². The molecule has 0 radical (unpaired) electrons. The number of anilines is 1. The van der Waals surface area contributed by atoms with Crippen LogP contribution in [0.5, 0.6) is 0 Å². The zero-order valence-corrected chi connectivity index (χ0v) is 20.6. The van der Waals surface area contributed by atoms with Gasteiger partial charge in [-0.1, -0.05) is 60.2 Å². The van der Waals surface area contributed by atoms with Gasteiger partial charge in [-0.25, -0.2) is 17.8 Å². The van der Waals surface area contributed by atoms with Gasteiger partial charge in [0.25, 0.3) is 10.0 Å². The molecule has 1 saturated heterocycles. The Morgan fingerprint density at radius 3 is 2.65 bits per heavy atom. The molecule has 1 atom stereocenters. The predicted octanol–water partition coefficient (Wildman–Crippen LogP) is 5.27. The highest BCUT2D eigenvalue weighted by Gasteiger charge is 2.40. The molecule has 2 aromatic heterocycles. The molecule has 5 rings (SSSR count). The highest BCUT2D eigenvalue weighted by atomic mass is 32.2. The topological polar surface area (TPSA) is 70.6 Å². The fourth-order valence-electron chi connectivity index (χ4n) is 4.17. The van der Waals surface area contributed by atoms with Gasteiger partial charge < -0.3 is 0 Å². The lowest BCUT2D eigenvalue weighted by Crippen LogP contribution is -2.52. The van der Waals surface area contributed by atoms with Crippen molar-refractivity contribution in [1.29, 1.82) is 0 Å². The van der Waals surface area contributed by atoms with Crippen molar-refractivity contribution in [3.05, 3.63) is 77.4 Å². The van der Waals surface area contributed by atoms with Crippen LogP contribution in [0.15, 0.2) is 70.3 Å². The SMILES string of the molecule is O=C(C1CCCCN1S(=O)(=O)c1cccs1)N(Cc1ccccc1)c1nc2c(F)cccc2s1. The normalized spacial score (nSPS) is 17.1. The first kappa shape index (κ1) is 23.1. The van der Waals surface area contributed by atoms with Gasteiger partial charge in [0, 0.05) is 6.54 Å². The van der Waals surface area contributed by atoms with E-state index in [0.29, 0.717) is 22.7 Å². The van der Waals surface area contributed by atoms with Crippen molar-refractivity contribution >= 4 is 54.0 Å². The van der Waals surface area contributed by atoms with E-state index >= 15 is 0 Å². The average molecular weight is 516 g/mol. The molecule has 176 valence electrons. The fraction of sp³-hybridized carbons (Fsp3) is 0.250. The molecule has 0 aliphatic carbocycles. The Morgan fingerprint density at radius 1 is 1.09 bits per heavy atom. The Hall–Kier alpha value is -2.66. The summed E-state index contributed by atoms with van der Waals surface area (Å²) in [6, 6.07) is 16.6. The van der Waals surface area contributed by atoms with Gasteiger partial charge in [-0.05, 0) is 42.0 Å². The van der Waals surface area contributed by atoms with E-state index in [9.17, 15) is 17.6 Å². The number of thiophene rings is 1. The average Bonchev–Trinajstić information content (AvgIpc) is 3.54. The maximum Gasteiger partial charge on any atom is 0.253 e. The number of hydrogen-bond donors (Lipinski definition) is 0. The van der Waals surface area contributed by atoms with Crippen LogP contribution >= 0.6 is 22.7 Å². The molecule has 0 N–H and O–H groups in total. The summed E-state index contributed by atoms with van der Waals surface area (Å²) in [4.78, 5) is 19.9. The minimum atomic E-state index is -3.81. The summed E-state index contributed by atoms with van der Waals surface area (Å²) in [5, 5.41) is 2.07. The molecule has 1 aliphatic heterocycles. The number of halogens is 1. The van der Waals surface area contributed by atoms with Crippen LogP contribution < -0.4 is 4.90 Å². The zero-order valence-electron chi connectivity index (χ0n) is 18.1. The summed E-state index contributed by atoms with van der Waals surface area (Å²) >= 11 is 2.37. The molecule has 4 aromatic rings. The fourth-order valence-corrected chi connectivity index (χ4v) is 7.92. The second-order valence-corrected chi connectivity index (χ2v) is 12.1. The molecule has 0 saturated carbocycles. The van der Waals surface area contributed by atoms with Crippen LogP contribution in [-0.4, -0.2) is 36.2 Å². The highest BCUT2D eigenvalue weighted by molar-refractivity contribution is 7.91. The largest absolute Gasteiger partial charge is 0.282 e. The van der Waals surface area contributed by atoms with Crippen molar-refractivity contribution in [3.63, 3.8) is 0 Å². The number of thiazole rings is 1. The third-order valence-electron chi connectivity index (χ3n) is 5.84.